The molecule has 1 heterocycles. The lowest BCUT2D eigenvalue weighted by Crippen LogP contribution is -2.46. The predicted octanol–water partition coefficient (Wildman–Crippen LogP) is 3.49. The summed E-state index contributed by atoms with van der Waals surface area (Å²) in [6.07, 6.45) is 5.93. The van der Waals surface area contributed by atoms with E-state index in [4.69, 9.17) is 0 Å². The Morgan fingerprint density at radius 1 is 1.44 bits per heavy atom. The van der Waals surface area contributed by atoms with Gasteiger partial charge >= 0.3 is 0 Å². The van der Waals surface area contributed by atoms with Gasteiger partial charge in [-0.25, -0.2) is 0 Å². The maximum atomic E-state index is 12.0. The molecule has 0 aromatic carbocycles. The molecule has 0 aliphatic heterocycles. The van der Waals surface area contributed by atoms with Crippen LogP contribution in [0, 0.1) is 0 Å². The molecule has 4 heteroatoms. The monoisotopic (exact) mass is 255 g/mol. The highest BCUT2D eigenvalue weighted by Gasteiger charge is 2.28. The lowest BCUT2D eigenvalue weighted by molar-refractivity contribution is 0.0887. The number of amides is 1. The van der Waals surface area contributed by atoms with Crippen molar-refractivity contribution in [2.75, 3.05) is 0 Å². The summed E-state index contributed by atoms with van der Waals surface area (Å²) < 4.78 is 0. The largest absolute Gasteiger partial charge is 0.346 e. The zero-order chi connectivity index (χ0) is 11.6. The van der Waals surface area contributed by atoms with Gasteiger partial charge in [-0.15, -0.1) is 24.0 Å². The summed E-state index contributed by atoms with van der Waals surface area (Å²) in [7, 11) is 0. The Morgan fingerprint density at radius 2 is 2.12 bits per heavy atom. The van der Waals surface area contributed by atoms with E-state index in [0.29, 0.717) is 0 Å². The summed E-state index contributed by atoms with van der Waals surface area (Å²) in [4.78, 5) is 13.6. The first kappa shape index (κ1) is 12.0. The van der Waals surface area contributed by atoms with E-state index in [1.165, 1.54) is 30.6 Å². The number of nitrogens with one attached hydrogen (secondary N) is 1. The molecular weight excluding hydrogens is 238 g/mol. The van der Waals surface area contributed by atoms with E-state index >= 15 is 0 Å². The van der Waals surface area contributed by atoms with E-state index in [1.807, 2.05) is 11.4 Å². The zero-order valence-electron chi connectivity index (χ0n) is 9.45. The highest BCUT2D eigenvalue weighted by atomic mass is 32.1. The molecule has 88 valence electrons. The fourth-order valence-electron chi connectivity index (χ4n) is 2.24. The molecule has 0 atom stereocenters. The Morgan fingerprint density at radius 3 is 2.69 bits per heavy atom. The van der Waals surface area contributed by atoms with Crippen molar-refractivity contribution in [2.24, 2.45) is 0 Å². The van der Waals surface area contributed by atoms with Gasteiger partial charge in [0.1, 0.15) is 0 Å². The standard InChI is InChI=1S/C12H17NOS2/c1-12(5-3-2-4-6-12)13-11(14)10-7-9(15)8-16-10/h7-8,15H,2-6H2,1H3,(H,13,14). The normalized spacial score (nSPS) is 19.4. The maximum Gasteiger partial charge on any atom is 0.261 e. The summed E-state index contributed by atoms with van der Waals surface area (Å²) in [6, 6.07) is 1.83. The van der Waals surface area contributed by atoms with Crippen molar-refractivity contribution in [3.63, 3.8) is 0 Å². The lowest BCUT2D eigenvalue weighted by Gasteiger charge is -2.34. The molecule has 1 fully saturated rings. The maximum absolute atomic E-state index is 12.0. The van der Waals surface area contributed by atoms with Crippen LogP contribution in [0.2, 0.25) is 0 Å². The fourth-order valence-corrected chi connectivity index (χ4v) is 3.28. The van der Waals surface area contributed by atoms with Gasteiger partial charge in [0.2, 0.25) is 0 Å². The Labute approximate surface area is 106 Å². The van der Waals surface area contributed by atoms with Gasteiger partial charge in [0, 0.05) is 15.8 Å². The summed E-state index contributed by atoms with van der Waals surface area (Å²) in [5, 5.41) is 5.05. The van der Waals surface area contributed by atoms with E-state index in [0.717, 1.165) is 22.6 Å². The minimum absolute atomic E-state index is 0.00388. The van der Waals surface area contributed by atoms with Crippen molar-refractivity contribution in [3.05, 3.63) is 16.3 Å². The van der Waals surface area contributed by atoms with E-state index < -0.39 is 0 Å². The molecule has 1 aromatic rings. The van der Waals surface area contributed by atoms with Gasteiger partial charge in [0.15, 0.2) is 0 Å². The molecule has 1 aliphatic carbocycles. The van der Waals surface area contributed by atoms with Crippen LogP contribution in [-0.2, 0) is 0 Å². The van der Waals surface area contributed by atoms with Gasteiger partial charge in [0.05, 0.1) is 4.88 Å². The van der Waals surface area contributed by atoms with Crippen molar-refractivity contribution in [3.8, 4) is 0 Å². The number of thiophene rings is 1. The number of hydrogen-bond donors (Lipinski definition) is 2. The molecule has 0 spiro atoms. The third kappa shape index (κ3) is 2.80. The van der Waals surface area contributed by atoms with E-state index in [2.05, 4.69) is 24.9 Å². The second kappa shape index (κ2) is 4.80. The highest BCUT2D eigenvalue weighted by molar-refractivity contribution is 7.80. The molecule has 1 aromatic heterocycles. The van der Waals surface area contributed by atoms with Crippen LogP contribution in [-0.4, -0.2) is 11.4 Å². The smallest absolute Gasteiger partial charge is 0.261 e. The van der Waals surface area contributed by atoms with Crippen molar-refractivity contribution < 1.29 is 4.79 Å². The SMILES string of the molecule is CC1(NC(=O)c2cc(S)cs2)CCCCC1. The van der Waals surface area contributed by atoms with Crippen LogP contribution in [0.5, 0.6) is 0 Å². The molecule has 0 radical (unpaired) electrons. The number of rotatable bonds is 2. The third-order valence-electron chi connectivity index (χ3n) is 3.18. The molecule has 1 aliphatic rings. The van der Waals surface area contributed by atoms with E-state index in [-0.39, 0.29) is 11.4 Å². The van der Waals surface area contributed by atoms with Crippen molar-refractivity contribution in [1.29, 1.82) is 0 Å². The van der Waals surface area contributed by atoms with Crippen LogP contribution < -0.4 is 5.32 Å². The minimum Gasteiger partial charge on any atom is -0.346 e. The second-order valence-corrected chi connectivity index (χ2v) is 6.17. The summed E-state index contributed by atoms with van der Waals surface area (Å²) >= 11 is 5.67. The van der Waals surface area contributed by atoms with Gasteiger partial charge in [-0.2, -0.15) is 0 Å². The molecule has 1 N–H and O–H groups in total. The molecule has 1 saturated carbocycles. The van der Waals surface area contributed by atoms with Crippen LogP contribution in [0.15, 0.2) is 16.3 Å². The highest BCUT2D eigenvalue weighted by Crippen LogP contribution is 2.28. The Hall–Kier alpha value is -0.480. The number of carbonyl (C=O) groups excluding carboxylic acids is 1. The molecular formula is C12H17NOS2. The van der Waals surface area contributed by atoms with Crippen molar-refractivity contribution >= 4 is 29.9 Å². The van der Waals surface area contributed by atoms with Crippen molar-refractivity contribution in [1.82, 2.24) is 5.32 Å². The second-order valence-electron chi connectivity index (χ2n) is 4.74. The van der Waals surface area contributed by atoms with Crippen molar-refractivity contribution in [2.45, 2.75) is 49.5 Å². The summed E-state index contributed by atoms with van der Waals surface area (Å²) in [5.41, 5.74) is -0.00388. The summed E-state index contributed by atoms with van der Waals surface area (Å²) in [6.45, 7) is 2.15. The number of hydrogen-bond acceptors (Lipinski definition) is 3. The van der Waals surface area contributed by atoms with E-state index in [1.54, 1.807) is 0 Å². The fraction of sp³-hybridized carbons (Fsp3) is 0.583. The molecule has 2 rings (SSSR count). The van der Waals surface area contributed by atoms with Gasteiger partial charge in [0.25, 0.3) is 5.91 Å². The summed E-state index contributed by atoms with van der Waals surface area (Å²) in [5.74, 6) is 0.0506. The first-order chi connectivity index (χ1) is 7.59. The number of carbonyl (C=O) groups is 1. The minimum atomic E-state index is -0.00388. The average Bonchev–Trinajstić information content (AvgIpc) is 2.65. The van der Waals surface area contributed by atoms with E-state index in [9.17, 15) is 4.79 Å². The van der Waals surface area contributed by atoms with Crippen LogP contribution in [0.4, 0.5) is 0 Å². The van der Waals surface area contributed by atoms with Crippen LogP contribution in [0.25, 0.3) is 0 Å². The Kier molecular flexibility index (Phi) is 3.60. The molecule has 0 saturated heterocycles. The van der Waals surface area contributed by atoms with Gasteiger partial charge in [-0.3, -0.25) is 4.79 Å². The Balaban J connectivity index is 2.01. The average molecular weight is 255 g/mol. The molecule has 0 unspecified atom stereocenters. The molecule has 16 heavy (non-hydrogen) atoms. The molecule has 1 amide bonds. The first-order valence-corrected chi connectivity index (χ1v) is 7.02. The Bertz CT molecular complexity index is 380. The third-order valence-corrected chi connectivity index (χ3v) is 4.54. The molecule has 0 bridgehead atoms. The predicted molar refractivity (Wildman–Crippen MR) is 70.5 cm³/mol. The first-order valence-electron chi connectivity index (χ1n) is 5.69. The van der Waals surface area contributed by atoms with Gasteiger partial charge in [-0.05, 0) is 25.8 Å². The van der Waals surface area contributed by atoms with Gasteiger partial charge in [-0.1, -0.05) is 19.3 Å². The van der Waals surface area contributed by atoms with Crippen LogP contribution in [0.1, 0.15) is 48.7 Å². The number of thiol groups is 1. The van der Waals surface area contributed by atoms with Crippen LogP contribution >= 0.6 is 24.0 Å². The zero-order valence-corrected chi connectivity index (χ0v) is 11.2. The lowest BCUT2D eigenvalue weighted by atomic mass is 9.83. The topological polar surface area (TPSA) is 29.1 Å². The van der Waals surface area contributed by atoms with Gasteiger partial charge < -0.3 is 5.32 Å². The molecule has 2 nitrogen and oxygen atoms in total. The van der Waals surface area contributed by atoms with Crippen LogP contribution in [0.3, 0.4) is 0 Å². The quantitative estimate of drug-likeness (QED) is 0.778.